The summed E-state index contributed by atoms with van der Waals surface area (Å²) < 4.78 is 6.09. The second-order valence-electron chi connectivity index (χ2n) is 9.15. The predicted octanol–water partition coefficient (Wildman–Crippen LogP) is 3.54. The molecule has 8 heteroatoms. The van der Waals surface area contributed by atoms with Gasteiger partial charge >= 0.3 is 0 Å². The molecule has 0 radical (unpaired) electrons. The van der Waals surface area contributed by atoms with Crippen LogP contribution in [-0.2, 0) is 9.59 Å². The standard InChI is InChI=1S/C23H31ClN4O3/c1-14(16-8-6-12-28(16)2)31-19-13-18(24)26-22(27-19)20(25)15-7-5-11-23(21(15)30)10-4-3-9-17(23)29/h13-14,16H,3-12,25H2,1-2H3/t14-,16-,23+/m0/s1. The summed E-state index contributed by atoms with van der Waals surface area (Å²) >= 11 is 6.25. The van der Waals surface area contributed by atoms with E-state index in [1.54, 1.807) is 6.07 Å². The Labute approximate surface area is 188 Å². The molecule has 7 nitrogen and oxygen atoms in total. The average Bonchev–Trinajstić information content (AvgIpc) is 3.17. The van der Waals surface area contributed by atoms with Gasteiger partial charge in [0.05, 0.1) is 11.1 Å². The topological polar surface area (TPSA) is 98.4 Å². The Morgan fingerprint density at radius 1 is 1.23 bits per heavy atom. The normalized spacial score (nSPS) is 30.0. The van der Waals surface area contributed by atoms with Crippen LogP contribution in [0.4, 0.5) is 0 Å². The van der Waals surface area contributed by atoms with Gasteiger partial charge in [-0.05, 0) is 65.5 Å². The second-order valence-corrected chi connectivity index (χ2v) is 9.54. The molecule has 1 aromatic heterocycles. The molecule has 0 bridgehead atoms. The quantitative estimate of drug-likeness (QED) is 0.429. The summed E-state index contributed by atoms with van der Waals surface area (Å²) in [4.78, 5) is 37.1. The molecule has 1 saturated heterocycles. The Balaban J connectivity index is 1.62. The first-order valence-corrected chi connectivity index (χ1v) is 11.7. The molecule has 3 fully saturated rings. The summed E-state index contributed by atoms with van der Waals surface area (Å²) in [6.45, 7) is 3.07. The number of likely N-dealkylation sites (N-methyl/N-ethyl adjacent to an activating group) is 1. The molecule has 0 aromatic carbocycles. The summed E-state index contributed by atoms with van der Waals surface area (Å²) in [7, 11) is 2.09. The van der Waals surface area contributed by atoms with Crippen molar-refractivity contribution in [3.63, 3.8) is 0 Å². The minimum atomic E-state index is -0.907. The third-order valence-corrected chi connectivity index (χ3v) is 7.39. The zero-order valence-corrected chi connectivity index (χ0v) is 19.1. The van der Waals surface area contributed by atoms with Crippen LogP contribution in [0.15, 0.2) is 11.6 Å². The highest BCUT2D eigenvalue weighted by Gasteiger charge is 2.49. The molecule has 1 aliphatic heterocycles. The maximum Gasteiger partial charge on any atom is 0.218 e. The molecule has 4 rings (SSSR count). The molecule has 2 N–H and O–H groups in total. The summed E-state index contributed by atoms with van der Waals surface area (Å²) in [5.41, 5.74) is 6.17. The van der Waals surface area contributed by atoms with E-state index < -0.39 is 5.41 Å². The fourth-order valence-corrected chi connectivity index (χ4v) is 5.62. The number of ketones is 2. The van der Waals surface area contributed by atoms with Gasteiger partial charge < -0.3 is 10.5 Å². The number of carbonyl (C=O) groups is 2. The lowest BCUT2D eigenvalue weighted by Gasteiger charge is -2.38. The monoisotopic (exact) mass is 446 g/mol. The Hall–Kier alpha value is -1.99. The molecule has 2 heterocycles. The zero-order valence-electron chi connectivity index (χ0n) is 18.3. The molecule has 3 aliphatic rings. The lowest BCUT2D eigenvalue weighted by atomic mass is 9.62. The van der Waals surface area contributed by atoms with Crippen LogP contribution in [0.2, 0.25) is 5.15 Å². The van der Waals surface area contributed by atoms with Gasteiger partial charge in [0.1, 0.15) is 17.0 Å². The Morgan fingerprint density at radius 2 is 2.00 bits per heavy atom. The van der Waals surface area contributed by atoms with Gasteiger partial charge in [0.25, 0.3) is 0 Å². The molecular formula is C23H31ClN4O3. The van der Waals surface area contributed by atoms with Crippen LogP contribution in [0.3, 0.4) is 0 Å². The Kier molecular flexibility index (Phi) is 6.35. The smallest absolute Gasteiger partial charge is 0.218 e. The van der Waals surface area contributed by atoms with E-state index in [4.69, 9.17) is 22.1 Å². The van der Waals surface area contributed by atoms with Crippen molar-refractivity contribution in [2.24, 2.45) is 11.1 Å². The lowest BCUT2D eigenvalue weighted by molar-refractivity contribution is -0.143. The van der Waals surface area contributed by atoms with Gasteiger partial charge in [0.2, 0.25) is 5.88 Å². The van der Waals surface area contributed by atoms with Crippen LogP contribution in [0.1, 0.15) is 70.5 Å². The number of nitrogens with two attached hydrogens (primary N) is 1. The van der Waals surface area contributed by atoms with Crippen molar-refractivity contribution in [2.45, 2.75) is 76.9 Å². The highest BCUT2D eigenvalue weighted by atomic mass is 35.5. The third-order valence-electron chi connectivity index (χ3n) is 7.19. The van der Waals surface area contributed by atoms with Crippen molar-refractivity contribution in [3.8, 4) is 5.88 Å². The number of allylic oxidation sites excluding steroid dienone is 1. The number of halogens is 1. The van der Waals surface area contributed by atoms with E-state index in [2.05, 4.69) is 21.9 Å². The van der Waals surface area contributed by atoms with Crippen molar-refractivity contribution in [3.05, 3.63) is 22.6 Å². The van der Waals surface area contributed by atoms with Gasteiger partial charge in [-0.15, -0.1) is 0 Å². The molecule has 2 aliphatic carbocycles. The number of likely N-dealkylation sites (tertiary alicyclic amines) is 1. The van der Waals surface area contributed by atoms with E-state index in [-0.39, 0.29) is 34.3 Å². The number of carbonyl (C=O) groups excluding carboxylic acids is 2. The molecule has 31 heavy (non-hydrogen) atoms. The predicted molar refractivity (Wildman–Crippen MR) is 119 cm³/mol. The van der Waals surface area contributed by atoms with Crippen LogP contribution >= 0.6 is 11.6 Å². The van der Waals surface area contributed by atoms with Crippen molar-refractivity contribution in [1.29, 1.82) is 0 Å². The van der Waals surface area contributed by atoms with Gasteiger partial charge in [-0.3, -0.25) is 14.5 Å². The van der Waals surface area contributed by atoms with E-state index >= 15 is 0 Å². The molecule has 0 amide bonds. The summed E-state index contributed by atoms with van der Waals surface area (Å²) in [6.07, 6.45) is 6.86. The first-order valence-electron chi connectivity index (χ1n) is 11.3. The first kappa shape index (κ1) is 22.2. The van der Waals surface area contributed by atoms with E-state index in [1.807, 2.05) is 6.92 Å². The fraction of sp³-hybridized carbons (Fsp3) is 0.652. The van der Waals surface area contributed by atoms with E-state index in [1.165, 1.54) is 0 Å². The van der Waals surface area contributed by atoms with Crippen LogP contribution in [0.25, 0.3) is 5.70 Å². The van der Waals surface area contributed by atoms with Gasteiger partial charge in [0, 0.05) is 24.1 Å². The molecule has 0 unspecified atom stereocenters. The van der Waals surface area contributed by atoms with Gasteiger partial charge in [0.15, 0.2) is 11.6 Å². The molecule has 2 saturated carbocycles. The summed E-state index contributed by atoms with van der Waals surface area (Å²) in [5, 5.41) is 0.210. The van der Waals surface area contributed by atoms with Crippen LogP contribution < -0.4 is 10.5 Å². The number of rotatable bonds is 4. The summed E-state index contributed by atoms with van der Waals surface area (Å²) in [5.74, 6) is 0.448. The Bertz CT molecular complexity index is 914. The SMILES string of the molecule is C[C@H](Oc1cc(Cl)nc(C(N)=C2CCC[C@@]3(CCCCC3=O)C2=O)n1)[C@@H]1CCCN1C. The minimum Gasteiger partial charge on any atom is -0.473 e. The fourth-order valence-electron chi connectivity index (χ4n) is 5.45. The number of nitrogens with zero attached hydrogens (tertiary/aromatic N) is 3. The molecular weight excluding hydrogens is 416 g/mol. The Morgan fingerprint density at radius 3 is 2.71 bits per heavy atom. The molecule has 1 spiro atoms. The molecule has 3 atom stereocenters. The highest BCUT2D eigenvalue weighted by Crippen LogP contribution is 2.45. The number of hydrogen-bond donors (Lipinski definition) is 1. The summed E-state index contributed by atoms with van der Waals surface area (Å²) in [6, 6.07) is 1.88. The zero-order chi connectivity index (χ0) is 22.2. The number of aromatic nitrogens is 2. The van der Waals surface area contributed by atoms with E-state index in [0.717, 1.165) is 38.6 Å². The molecule has 168 valence electrons. The largest absolute Gasteiger partial charge is 0.473 e. The van der Waals surface area contributed by atoms with Gasteiger partial charge in [-0.1, -0.05) is 18.0 Å². The van der Waals surface area contributed by atoms with Crippen LogP contribution in [0, 0.1) is 5.41 Å². The number of Topliss-reactive ketones (excluding diaryl/α,β-unsaturated/α-hetero) is 2. The number of hydrogen-bond acceptors (Lipinski definition) is 7. The van der Waals surface area contributed by atoms with Crippen LogP contribution in [0.5, 0.6) is 5.88 Å². The maximum absolute atomic E-state index is 13.4. The van der Waals surface area contributed by atoms with Crippen molar-refractivity contribution >= 4 is 28.9 Å². The minimum absolute atomic E-state index is 0.0549. The van der Waals surface area contributed by atoms with Crippen molar-refractivity contribution < 1.29 is 14.3 Å². The second kappa shape index (κ2) is 8.87. The van der Waals surface area contributed by atoms with E-state index in [0.29, 0.717) is 43.2 Å². The average molecular weight is 447 g/mol. The van der Waals surface area contributed by atoms with Gasteiger partial charge in [-0.2, -0.15) is 4.98 Å². The number of ether oxygens (including phenoxy) is 1. The molecule has 1 aromatic rings. The third kappa shape index (κ3) is 4.22. The van der Waals surface area contributed by atoms with Gasteiger partial charge in [-0.25, -0.2) is 4.98 Å². The van der Waals surface area contributed by atoms with Crippen molar-refractivity contribution in [2.75, 3.05) is 13.6 Å². The highest BCUT2D eigenvalue weighted by molar-refractivity contribution is 6.29. The maximum atomic E-state index is 13.4. The van der Waals surface area contributed by atoms with Crippen molar-refractivity contribution in [1.82, 2.24) is 14.9 Å². The lowest BCUT2D eigenvalue weighted by Crippen LogP contribution is -2.45. The van der Waals surface area contributed by atoms with E-state index in [9.17, 15) is 9.59 Å². The first-order chi connectivity index (χ1) is 14.8. The van der Waals surface area contributed by atoms with Crippen LogP contribution in [-0.4, -0.2) is 52.2 Å².